The third-order valence-corrected chi connectivity index (χ3v) is 14.5. The van der Waals surface area contributed by atoms with E-state index in [1.54, 1.807) is 9.25 Å². The first-order valence-electron chi connectivity index (χ1n) is 25.4. The Bertz CT molecular complexity index is 2350. The Morgan fingerprint density at radius 2 is 1.39 bits per heavy atom. The van der Waals surface area contributed by atoms with Crippen LogP contribution >= 0.6 is 0 Å². The summed E-state index contributed by atoms with van der Waals surface area (Å²) in [5.74, 6) is -1.18. The number of aryl methyl sites for hydroxylation is 1. The number of esters is 2. The fourth-order valence-corrected chi connectivity index (χ4v) is 10.4. The van der Waals surface area contributed by atoms with Gasteiger partial charge < -0.3 is 24.2 Å². The highest BCUT2D eigenvalue weighted by Gasteiger charge is 2.34. The first-order chi connectivity index (χ1) is 32.5. The quantitative estimate of drug-likeness (QED) is 0.0601. The van der Waals surface area contributed by atoms with Crippen molar-refractivity contribution in [1.82, 2.24) is 33.9 Å². The van der Waals surface area contributed by atoms with Gasteiger partial charge in [-0.25, -0.2) is 4.68 Å². The minimum atomic E-state index is -0.553. The number of hydrogen-bond donors (Lipinski definition) is 0. The highest BCUT2D eigenvalue weighted by atomic mass is 16.5. The number of ether oxygens (including phenoxy) is 2. The Morgan fingerprint density at radius 1 is 0.731 bits per heavy atom. The third-order valence-electron chi connectivity index (χ3n) is 14.5. The number of likely N-dealkylation sites (tertiary alicyclic amines) is 2. The highest BCUT2D eigenvalue weighted by Crippen LogP contribution is 2.30. The molecule has 364 valence electrons. The Labute approximate surface area is 396 Å². The number of hydrogen-bond acceptors (Lipinski definition) is 10. The van der Waals surface area contributed by atoms with Gasteiger partial charge in [-0.1, -0.05) is 76.6 Å². The lowest BCUT2D eigenvalue weighted by Gasteiger charge is -2.43. The number of carbonyl (C=O) groups is 4. The lowest BCUT2D eigenvalue weighted by molar-refractivity contribution is -0.148. The average molecular weight is 922 g/mol. The zero-order valence-electron chi connectivity index (χ0n) is 40.7. The van der Waals surface area contributed by atoms with E-state index in [0.29, 0.717) is 69.9 Å². The Morgan fingerprint density at radius 3 is 2.06 bits per heavy atom. The van der Waals surface area contributed by atoms with Crippen molar-refractivity contribution >= 4 is 45.6 Å². The molecule has 3 saturated heterocycles. The molecule has 0 saturated carbocycles. The maximum absolute atomic E-state index is 14.6. The van der Waals surface area contributed by atoms with Gasteiger partial charge in [0.15, 0.2) is 13.5 Å². The van der Waals surface area contributed by atoms with Crippen LogP contribution in [0, 0.1) is 12.8 Å². The number of piperidine rings is 2. The van der Waals surface area contributed by atoms with E-state index in [2.05, 4.69) is 42.8 Å². The Balaban J connectivity index is 1.02. The van der Waals surface area contributed by atoms with Gasteiger partial charge in [0, 0.05) is 81.7 Å². The van der Waals surface area contributed by atoms with Gasteiger partial charge in [-0.05, 0) is 113 Å². The smallest absolute Gasteiger partial charge is 0.307 e. The minimum absolute atomic E-state index is 0.0175. The average Bonchev–Trinajstić information content (AvgIpc) is 3.77. The largest absolute Gasteiger partial charge is 0.444 e. The summed E-state index contributed by atoms with van der Waals surface area (Å²) in [6.07, 6.45) is 14.6. The monoisotopic (exact) mass is 922 g/mol. The summed E-state index contributed by atoms with van der Waals surface area (Å²) in [5.41, 5.74) is 3.96. The molecule has 3 aliphatic rings. The van der Waals surface area contributed by atoms with E-state index in [9.17, 15) is 24.0 Å². The molecular formula is C53H75N7O7. The van der Waals surface area contributed by atoms with Crippen LogP contribution in [0.15, 0.2) is 53.5 Å². The number of unbranched alkanes of at least 4 members (excludes halogenated alkanes) is 6. The molecule has 5 heterocycles. The predicted octanol–water partition coefficient (Wildman–Crippen LogP) is 7.80. The summed E-state index contributed by atoms with van der Waals surface area (Å²) < 4.78 is 14.4. The van der Waals surface area contributed by atoms with Crippen LogP contribution in [0.2, 0.25) is 0 Å². The number of benzene rings is 2. The first kappa shape index (κ1) is 49.8. The first-order valence-corrected chi connectivity index (χ1v) is 25.4. The molecule has 2 amide bonds. The van der Waals surface area contributed by atoms with Gasteiger partial charge in [-0.15, -0.1) is 0 Å². The molecule has 0 spiro atoms. The molecule has 0 unspecified atom stereocenters. The molecule has 7 rings (SSSR count). The van der Waals surface area contributed by atoms with Crippen molar-refractivity contribution in [1.29, 1.82) is 0 Å². The topological polar surface area (TPSA) is 140 Å². The van der Waals surface area contributed by atoms with E-state index in [4.69, 9.17) is 14.6 Å². The lowest BCUT2D eigenvalue weighted by atomic mass is 9.88. The van der Waals surface area contributed by atoms with Gasteiger partial charge in [0.05, 0.1) is 17.0 Å². The number of amides is 2. The molecule has 67 heavy (non-hydrogen) atoms. The van der Waals surface area contributed by atoms with Gasteiger partial charge in [0.1, 0.15) is 0 Å². The second kappa shape index (κ2) is 24.3. The number of rotatable bonds is 21. The van der Waals surface area contributed by atoms with Crippen LogP contribution in [0.25, 0.3) is 21.8 Å². The SMILES string of the molecule is CCCCCCC(=O)OCn1cc2cc(C[C@@H](CC(=O)N3CCC(c4cc5ccccc5n(COC(=O)CCCCCC)c4=O)CC3)C(=O)N3CCN(C4CCN(C)CC4)CC3)cc(C)c2n1. The van der Waals surface area contributed by atoms with Crippen LogP contribution < -0.4 is 5.56 Å². The molecular weight excluding hydrogens is 847 g/mol. The van der Waals surface area contributed by atoms with Gasteiger partial charge in [-0.2, -0.15) is 5.10 Å². The van der Waals surface area contributed by atoms with Crippen LogP contribution in [0.4, 0.5) is 0 Å². The second-order valence-corrected chi connectivity index (χ2v) is 19.5. The molecule has 3 aliphatic heterocycles. The molecule has 0 aliphatic carbocycles. The van der Waals surface area contributed by atoms with E-state index in [1.165, 1.54) is 0 Å². The molecule has 0 bridgehead atoms. The normalized spacial score (nSPS) is 17.3. The zero-order chi connectivity index (χ0) is 47.3. The molecule has 3 fully saturated rings. The third kappa shape index (κ3) is 13.3. The van der Waals surface area contributed by atoms with Crippen LogP contribution in [0.1, 0.15) is 133 Å². The Hall–Kier alpha value is -5.08. The fourth-order valence-electron chi connectivity index (χ4n) is 10.4. The summed E-state index contributed by atoms with van der Waals surface area (Å²) in [7, 11) is 2.18. The van der Waals surface area contributed by atoms with E-state index in [-0.39, 0.29) is 55.1 Å². The number of carbonyl (C=O) groups excluding carboxylic acids is 4. The summed E-state index contributed by atoms with van der Waals surface area (Å²) in [5, 5.41) is 6.52. The standard InChI is InChI=1S/C53H75N7O7/c1-5-7-9-11-17-49(62)66-37-59-36-44-33-40(31-39(3)51(44)54-59)32-43(52(64)58-29-27-56(28-30-58)45-21-23-55(4)24-22-45)35-48(61)57-25-19-41(20-26-57)46-34-42-15-13-14-16-47(42)60(53(46)65)38-67-50(63)18-12-10-8-6-2/h13-16,31,33-34,36,41,43,45H,5-12,17-30,32,35,37-38H2,1-4H3/t43-/m0/s1. The van der Waals surface area contributed by atoms with Crippen molar-refractivity contribution in [3.8, 4) is 0 Å². The van der Waals surface area contributed by atoms with Gasteiger partial charge in [0.25, 0.3) is 5.56 Å². The van der Waals surface area contributed by atoms with Crippen molar-refractivity contribution in [2.24, 2.45) is 5.92 Å². The maximum Gasteiger partial charge on any atom is 0.307 e. The lowest BCUT2D eigenvalue weighted by Crippen LogP contribution is -2.55. The number of fused-ring (bicyclic) bond motifs is 2. The maximum atomic E-state index is 14.6. The minimum Gasteiger partial charge on any atom is -0.444 e. The number of piperazine rings is 1. The predicted molar refractivity (Wildman–Crippen MR) is 261 cm³/mol. The van der Waals surface area contributed by atoms with Crippen molar-refractivity contribution in [2.45, 2.75) is 149 Å². The van der Waals surface area contributed by atoms with Crippen LogP contribution in [0.5, 0.6) is 0 Å². The fraction of sp³-hybridized carbons (Fsp3) is 0.623. The molecule has 14 nitrogen and oxygen atoms in total. The number of pyridine rings is 1. The molecule has 2 aromatic carbocycles. The number of para-hydroxylation sites is 1. The summed E-state index contributed by atoms with van der Waals surface area (Å²) in [6, 6.07) is 14.3. The molecule has 0 N–H and O–H groups in total. The molecule has 14 heteroatoms. The van der Waals surface area contributed by atoms with Crippen molar-refractivity contribution in [3.05, 3.63) is 75.7 Å². The zero-order valence-corrected chi connectivity index (χ0v) is 40.7. The molecule has 4 aromatic rings. The van der Waals surface area contributed by atoms with E-state index >= 15 is 0 Å². The number of nitrogens with zero attached hydrogens (tertiary/aromatic N) is 7. The van der Waals surface area contributed by atoms with E-state index in [1.807, 2.05) is 53.3 Å². The van der Waals surface area contributed by atoms with E-state index in [0.717, 1.165) is 123 Å². The van der Waals surface area contributed by atoms with E-state index < -0.39 is 5.92 Å². The molecule has 0 radical (unpaired) electrons. The second-order valence-electron chi connectivity index (χ2n) is 19.5. The Kier molecular flexibility index (Phi) is 18.0. The summed E-state index contributed by atoms with van der Waals surface area (Å²) >= 11 is 0. The number of aromatic nitrogens is 3. The highest BCUT2D eigenvalue weighted by molar-refractivity contribution is 5.87. The molecule has 2 aromatic heterocycles. The van der Waals surface area contributed by atoms with Crippen molar-refractivity contribution in [3.63, 3.8) is 0 Å². The van der Waals surface area contributed by atoms with Gasteiger partial charge in [0.2, 0.25) is 11.8 Å². The van der Waals surface area contributed by atoms with Crippen molar-refractivity contribution < 1.29 is 28.7 Å². The van der Waals surface area contributed by atoms with Crippen molar-refractivity contribution in [2.75, 3.05) is 59.4 Å². The summed E-state index contributed by atoms with van der Waals surface area (Å²) in [6.45, 7) is 12.3. The van der Waals surface area contributed by atoms with Crippen LogP contribution in [-0.4, -0.2) is 123 Å². The molecule has 1 atom stereocenters. The van der Waals surface area contributed by atoms with Crippen LogP contribution in [-0.2, 0) is 48.5 Å². The summed E-state index contributed by atoms with van der Waals surface area (Å²) in [4.78, 5) is 76.9. The van der Waals surface area contributed by atoms with Crippen LogP contribution in [0.3, 0.4) is 0 Å². The van der Waals surface area contributed by atoms with Gasteiger partial charge in [-0.3, -0.25) is 33.4 Å². The van der Waals surface area contributed by atoms with Gasteiger partial charge >= 0.3 is 11.9 Å².